The van der Waals surface area contributed by atoms with E-state index in [9.17, 15) is 22.4 Å². The molecule has 0 unspecified atom stereocenters. The molecule has 2 atom stereocenters. The molecule has 10 heteroatoms. The minimum absolute atomic E-state index is 0.0313. The van der Waals surface area contributed by atoms with Gasteiger partial charge in [-0.2, -0.15) is 0 Å². The average molecular weight is 728 g/mol. The highest BCUT2D eigenvalue weighted by atomic mass is 127. The number of rotatable bonds is 13. The van der Waals surface area contributed by atoms with E-state index in [1.54, 1.807) is 54.6 Å². The van der Waals surface area contributed by atoms with E-state index in [2.05, 4.69) is 27.9 Å². The van der Waals surface area contributed by atoms with Gasteiger partial charge in [0.2, 0.25) is 11.8 Å². The first-order valence-electron chi connectivity index (χ1n) is 14.3. The van der Waals surface area contributed by atoms with Crippen molar-refractivity contribution in [3.8, 4) is 0 Å². The van der Waals surface area contributed by atoms with E-state index in [-0.39, 0.29) is 29.8 Å². The van der Waals surface area contributed by atoms with Gasteiger partial charge in [-0.15, -0.1) is 0 Å². The topological polar surface area (TPSA) is 86.8 Å². The van der Waals surface area contributed by atoms with Gasteiger partial charge in [-0.1, -0.05) is 67.6 Å². The molecule has 0 saturated heterocycles. The number of sulfonamides is 1. The minimum Gasteiger partial charge on any atom is -0.352 e. The molecular formula is C34H35FIN3O4S. The summed E-state index contributed by atoms with van der Waals surface area (Å²) in [6.45, 7) is 3.25. The van der Waals surface area contributed by atoms with Gasteiger partial charge >= 0.3 is 0 Å². The van der Waals surface area contributed by atoms with E-state index < -0.39 is 34.3 Å². The molecule has 0 radical (unpaired) electrons. The Hall–Kier alpha value is -3.77. The van der Waals surface area contributed by atoms with Crippen LogP contribution in [0, 0.1) is 9.39 Å². The summed E-state index contributed by atoms with van der Waals surface area (Å²) in [5.41, 5.74) is 1.74. The lowest BCUT2D eigenvalue weighted by molar-refractivity contribution is -0.140. The van der Waals surface area contributed by atoms with Crippen LogP contribution in [0.15, 0.2) is 114 Å². The van der Waals surface area contributed by atoms with Crippen molar-refractivity contribution in [2.24, 2.45) is 0 Å². The van der Waals surface area contributed by atoms with E-state index in [4.69, 9.17) is 0 Å². The molecule has 2 amide bonds. The van der Waals surface area contributed by atoms with Crippen molar-refractivity contribution < 1.29 is 22.4 Å². The number of carbonyl (C=O) groups excluding carboxylic acids is 2. The number of hydrogen-bond donors (Lipinski definition) is 1. The second-order valence-electron chi connectivity index (χ2n) is 10.5. The van der Waals surface area contributed by atoms with Crippen LogP contribution in [0.4, 0.5) is 10.1 Å². The van der Waals surface area contributed by atoms with E-state index in [1.165, 1.54) is 29.2 Å². The Balaban J connectivity index is 1.79. The van der Waals surface area contributed by atoms with Crippen molar-refractivity contribution in [1.82, 2.24) is 10.2 Å². The molecule has 0 heterocycles. The molecular weight excluding hydrogens is 692 g/mol. The summed E-state index contributed by atoms with van der Waals surface area (Å²) in [6.07, 6.45) is 0.886. The molecule has 0 fully saturated rings. The third-order valence-electron chi connectivity index (χ3n) is 7.26. The minimum atomic E-state index is -4.17. The van der Waals surface area contributed by atoms with Crippen LogP contribution in [0.25, 0.3) is 0 Å². The molecule has 7 nitrogen and oxygen atoms in total. The van der Waals surface area contributed by atoms with E-state index in [0.29, 0.717) is 17.7 Å². The van der Waals surface area contributed by atoms with Crippen LogP contribution in [-0.4, -0.2) is 43.8 Å². The Labute approximate surface area is 272 Å². The number of nitrogens with zero attached hydrogens (tertiary/aromatic N) is 2. The summed E-state index contributed by atoms with van der Waals surface area (Å²) in [7, 11) is -4.17. The highest BCUT2D eigenvalue weighted by Gasteiger charge is 2.35. The molecule has 1 N–H and O–H groups in total. The van der Waals surface area contributed by atoms with Crippen molar-refractivity contribution in [2.45, 2.75) is 50.2 Å². The molecule has 0 aromatic heterocycles. The van der Waals surface area contributed by atoms with Crippen molar-refractivity contribution in [3.05, 3.63) is 130 Å². The summed E-state index contributed by atoms with van der Waals surface area (Å²) in [6, 6.07) is 28.7. The maximum Gasteiger partial charge on any atom is 0.264 e. The van der Waals surface area contributed by atoms with Crippen LogP contribution in [-0.2, 0) is 32.6 Å². The van der Waals surface area contributed by atoms with Crippen molar-refractivity contribution in [2.75, 3.05) is 10.8 Å². The van der Waals surface area contributed by atoms with Gasteiger partial charge in [0.1, 0.15) is 18.4 Å². The molecule has 4 aromatic rings. The predicted octanol–water partition coefficient (Wildman–Crippen LogP) is 6.18. The standard InChI is InChI=1S/C34H35FIN3O4S/c1-3-25(2)37-34(41)32(22-26-10-6-4-7-11-26)38(23-27-14-16-28(35)17-15-27)33(40)24-39(30-20-18-29(36)19-21-30)44(42,43)31-12-8-5-9-13-31/h4-21,25,32H,3,22-24H2,1-2H3,(H,37,41)/t25-,32+/m1/s1. The van der Waals surface area contributed by atoms with Gasteiger partial charge in [-0.25, -0.2) is 12.8 Å². The Morgan fingerprint density at radius 3 is 2.02 bits per heavy atom. The predicted molar refractivity (Wildman–Crippen MR) is 179 cm³/mol. The van der Waals surface area contributed by atoms with Gasteiger partial charge in [0, 0.05) is 22.6 Å². The molecule has 230 valence electrons. The normalized spacial score (nSPS) is 12.6. The summed E-state index contributed by atoms with van der Waals surface area (Å²) < 4.78 is 43.7. The lowest BCUT2D eigenvalue weighted by Gasteiger charge is -2.34. The Morgan fingerprint density at radius 1 is 0.841 bits per heavy atom. The molecule has 0 bridgehead atoms. The monoisotopic (exact) mass is 727 g/mol. The Kier molecular flexibility index (Phi) is 11.5. The maximum absolute atomic E-state index is 14.4. The number of halogens is 2. The fourth-order valence-corrected chi connectivity index (χ4v) is 6.43. The van der Waals surface area contributed by atoms with E-state index in [0.717, 1.165) is 13.4 Å². The molecule has 0 spiro atoms. The molecule has 0 saturated carbocycles. The highest BCUT2D eigenvalue weighted by molar-refractivity contribution is 14.1. The maximum atomic E-state index is 14.4. The first kappa shape index (κ1) is 33.1. The van der Waals surface area contributed by atoms with E-state index >= 15 is 0 Å². The first-order valence-corrected chi connectivity index (χ1v) is 16.8. The zero-order valence-corrected chi connectivity index (χ0v) is 27.5. The zero-order chi connectivity index (χ0) is 31.7. The third kappa shape index (κ3) is 8.66. The zero-order valence-electron chi connectivity index (χ0n) is 24.6. The summed E-state index contributed by atoms with van der Waals surface area (Å²) in [4.78, 5) is 29.7. The van der Waals surface area contributed by atoms with Crippen molar-refractivity contribution >= 4 is 50.1 Å². The lowest BCUT2D eigenvalue weighted by Crippen LogP contribution is -2.54. The van der Waals surface area contributed by atoms with Crippen LogP contribution < -0.4 is 9.62 Å². The van der Waals surface area contributed by atoms with Gasteiger partial charge in [0.05, 0.1) is 10.6 Å². The number of carbonyl (C=O) groups is 2. The Morgan fingerprint density at radius 2 is 1.43 bits per heavy atom. The second kappa shape index (κ2) is 15.3. The van der Waals surface area contributed by atoms with Gasteiger partial charge < -0.3 is 10.2 Å². The van der Waals surface area contributed by atoms with Gasteiger partial charge in [-0.05, 0) is 95.6 Å². The van der Waals surface area contributed by atoms with Crippen LogP contribution >= 0.6 is 22.6 Å². The number of benzene rings is 4. The smallest absolute Gasteiger partial charge is 0.264 e. The SMILES string of the molecule is CC[C@@H](C)NC(=O)[C@H](Cc1ccccc1)N(Cc1ccc(F)cc1)C(=O)CN(c1ccc(I)cc1)S(=O)(=O)c1ccccc1. The largest absolute Gasteiger partial charge is 0.352 e. The number of amides is 2. The fraction of sp³-hybridized carbons (Fsp3) is 0.235. The Bertz CT molecular complexity index is 1640. The number of nitrogens with one attached hydrogen (secondary N) is 1. The quantitative estimate of drug-likeness (QED) is 0.167. The molecule has 4 rings (SSSR count). The second-order valence-corrected chi connectivity index (χ2v) is 13.6. The average Bonchev–Trinajstić information content (AvgIpc) is 3.03. The highest BCUT2D eigenvalue weighted by Crippen LogP contribution is 2.26. The summed E-state index contributed by atoms with van der Waals surface area (Å²) in [5.74, 6) is -1.36. The van der Waals surface area contributed by atoms with Gasteiger partial charge in [0.25, 0.3) is 10.0 Å². The first-order chi connectivity index (χ1) is 21.1. The molecule has 4 aromatic carbocycles. The van der Waals surface area contributed by atoms with Gasteiger partial charge in [0.15, 0.2) is 0 Å². The molecule has 0 aliphatic heterocycles. The van der Waals surface area contributed by atoms with Crippen LogP contribution in [0.2, 0.25) is 0 Å². The summed E-state index contributed by atoms with van der Waals surface area (Å²) >= 11 is 2.13. The van der Waals surface area contributed by atoms with Crippen LogP contribution in [0.3, 0.4) is 0 Å². The van der Waals surface area contributed by atoms with Crippen LogP contribution in [0.5, 0.6) is 0 Å². The molecule has 44 heavy (non-hydrogen) atoms. The lowest BCUT2D eigenvalue weighted by atomic mass is 10.0. The number of anilines is 1. The van der Waals surface area contributed by atoms with E-state index in [1.807, 2.05) is 44.2 Å². The fourth-order valence-electron chi connectivity index (χ4n) is 4.64. The molecule has 0 aliphatic carbocycles. The van der Waals surface area contributed by atoms with Crippen molar-refractivity contribution in [1.29, 1.82) is 0 Å². The van der Waals surface area contributed by atoms with Gasteiger partial charge in [-0.3, -0.25) is 13.9 Å². The molecule has 0 aliphatic rings. The van der Waals surface area contributed by atoms with Crippen LogP contribution in [0.1, 0.15) is 31.4 Å². The summed E-state index contributed by atoms with van der Waals surface area (Å²) in [5, 5.41) is 3.00. The van der Waals surface area contributed by atoms with Crippen molar-refractivity contribution in [3.63, 3.8) is 0 Å². The third-order valence-corrected chi connectivity index (χ3v) is 9.77. The number of hydrogen-bond acceptors (Lipinski definition) is 4.